The third-order valence-electron chi connectivity index (χ3n) is 12.2. The molecule has 5 nitrogen and oxygen atoms in total. The average molecular weight is 765 g/mol. The molecule has 0 amide bonds. The van der Waals surface area contributed by atoms with E-state index >= 15 is 0 Å². The van der Waals surface area contributed by atoms with E-state index in [0.29, 0.717) is 17.6 Å². The van der Waals surface area contributed by atoms with Crippen molar-refractivity contribution in [2.24, 2.45) is 0 Å². The Morgan fingerprint density at radius 3 is 1.80 bits per heavy atom. The van der Waals surface area contributed by atoms with Crippen LogP contribution in [0.4, 0.5) is 0 Å². The zero-order valence-corrected chi connectivity index (χ0v) is 32.2. The zero-order valence-electron chi connectivity index (χ0n) is 32.2. The summed E-state index contributed by atoms with van der Waals surface area (Å²) in [5, 5.41) is 13.9. The lowest BCUT2D eigenvalue weighted by molar-refractivity contribution is 0.669. The normalized spacial score (nSPS) is 12.0. The second kappa shape index (κ2) is 12.7. The molecule has 0 fully saturated rings. The van der Waals surface area contributed by atoms with E-state index < -0.39 is 0 Å². The van der Waals surface area contributed by atoms with Gasteiger partial charge in [0.15, 0.2) is 11.6 Å². The molecule has 13 rings (SSSR count). The second-order valence-corrected chi connectivity index (χ2v) is 15.5. The van der Waals surface area contributed by atoms with E-state index in [2.05, 4.69) is 180 Å². The third kappa shape index (κ3) is 4.84. The molecular weight excluding hydrogens is 733 g/mol. The van der Waals surface area contributed by atoms with Crippen LogP contribution < -0.4 is 0 Å². The van der Waals surface area contributed by atoms with E-state index in [9.17, 15) is 0 Å². The Bertz CT molecular complexity index is 3900. The molecule has 0 unspecified atom stereocenters. The number of hydrogen-bond acceptors (Lipinski definition) is 4. The summed E-state index contributed by atoms with van der Waals surface area (Å²) in [6.45, 7) is 0. The van der Waals surface area contributed by atoms with E-state index in [0.717, 1.165) is 76.8 Å². The van der Waals surface area contributed by atoms with Crippen molar-refractivity contribution in [3.63, 3.8) is 0 Å². The van der Waals surface area contributed by atoms with E-state index in [1.165, 1.54) is 32.3 Å². The van der Waals surface area contributed by atoms with Crippen LogP contribution in [0.2, 0.25) is 0 Å². The summed E-state index contributed by atoms with van der Waals surface area (Å²) in [6, 6.07) is 68.5. The third-order valence-corrected chi connectivity index (χ3v) is 12.2. The Hall–Kier alpha value is -8.15. The van der Waals surface area contributed by atoms with E-state index in [-0.39, 0.29) is 0 Å². The summed E-state index contributed by atoms with van der Waals surface area (Å²) >= 11 is 0. The smallest absolute Gasteiger partial charge is 0.238 e. The van der Waals surface area contributed by atoms with Crippen molar-refractivity contribution >= 4 is 86.8 Å². The summed E-state index contributed by atoms with van der Waals surface area (Å²) in [5.41, 5.74) is 7.74. The van der Waals surface area contributed by atoms with Gasteiger partial charge in [0.2, 0.25) is 5.95 Å². The number of rotatable bonds is 4. The van der Waals surface area contributed by atoms with Crippen LogP contribution in [0.15, 0.2) is 199 Å². The van der Waals surface area contributed by atoms with Crippen LogP contribution in [0.25, 0.3) is 127 Å². The maximum atomic E-state index is 6.64. The maximum Gasteiger partial charge on any atom is 0.238 e. The molecule has 0 saturated carbocycles. The monoisotopic (exact) mass is 764 g/mol. The first-order chi connectivity index (χ1) is 29.7. The van der Waals surface area contributed by atoms with Crippen molar-refractivity contribution in [2.45, 2.75) is 0 Å². The van der Waals surface area contributed by atoms with Crippen molar-refractivity contribution in [1.82, 2.24) is 19.5 Å². The quantitative estimate of drug-likeness (QED) is 0.167. The van der Waals surface area contributed by atoms with Gasteiger partial charge in [-0.1, -0.05) is 170 Å². The topological polar surface area (TPSA) is 56.7 Å². The minimum atomic E-state index is 0.552. The van der Waals surface area contributed by atoms with Crippen LogP contribution >= 0.6 is 0 Å². The second-order valence-electron chi connectivity index (χ2n) is 15.5. The highest BCUT2D eigenvalue weighted by Gasteiger charge is 2.24. The van der Waals surface area contributed by atoms with E-state index in [1.54, 1.807) is 0 Å². The molecule has 0 aliphatic rings. The highest BCUT2D eigenvalue weighted by Crippen LogP contribution is 2.46. The van der Waals surface area contributed by atoms with Crippen LogP contribution in [-0.4, -0.2) is 19.5 Å². The summed E-state index contributed by atoms with van der Waals surface area (Å²) in [7, 11) is 0. The Morgan fingerprint density at radius 2 is 0.967 bits per heavy atom. The summed E-state index contributed by atoms with van der Waals surface area (Å²) in [4.78, 5) is 16.0. The molecule has 0 saturated heterocycles. The summed E-state index contributed by atoms with van der Waals surface area (Å²) in [6.07, 6.45) is 0. The minimum absolute atomic E-state index is 0.552. The maximum absolute atomic E-state index is 6.64. The summed E-state index contributed by atoms with van der Waals surface area (Å²) in [5.74, 6) is 1.77. The molecule has 0 aliphatic heterocycles. The lowest BCUT2D eigenvalue weighted by Gasteiger charge is -2.14. The van der Waals surface area contributed by atoms with Gasteiger partial charge in [-0.25, -0.2) is 4.98 Å². The molecule has 13 aromatic rings. The molecule has 0 bridgehead atoms. The molecule has 0 atom stereocenters. The van der Waals surface area contributed by atoms with Crippen LogP contribution in [0.3, 0.4) is 0 Å². The predicted octanol–water partition coefficient (Wildman–Crippen LogP) is 14.5. The highest BCUT2D eigenvalue weighted by molar-refractivity contribution is 6.33. The fraction of sp³-hybridized carbons (Fsp3) is 0. The molecule has 3 aromatic heterocycles. The van der Waals surface area contributed by atoms with Gasteiger partial charge in [0.25, 0.3) is 0 Å². The van der Waals surface area contributed by atoms with E-state index in [4.69, 9.17) is 19.4 Å². The van der Waals surface area contributed by atoms with Gasteiger partial charge in [0.05, 0.1) is 11.0 Å². The number of benzene rings is 10. The average Bonchev–Trinajstić information content (AvgIpc) is 3.88. The first-order valence-electron chi connectivity index (χ1n) is 20.3. The van der Waals surface area contributed by atoms with Gasteiger partial charge in [-0.2, -0.15) is 9.97 Å². The Balaban J connectivity index is 1.17. The van der Waals surface area contributed by atoms with Gasteiger partial charge in [0.1, 0.15) is 11.2 Å². The molecule has 0 N–H and O–H groups in total. The molecule has 60 heavy (non-hydrogen) atoms. The molecule has 5 heteroatoms. The number of nitrogens with zero attached hydrogens (tertiary/aromatic N) is 4. The number of para-hydroxylation sites is 1. The largest absolute Gasteiger partial charge is 0.456 e. The first kappa shape index (κ1) is 32.9. The molecular formula is C55H32N4O. The zero-order chi connectivity index (χ0) is 39.3. The first-order valence-corrected chi connectivity index (χ1v) is 20.3. The van der Waals surface area contributed by atoms with Crippen LogP contribution in [-0.2, 0) is 0 Å². The lowest BCUT2D eigenvalue weighted by atomic mass is 9.95. The van der Waals surface area contributed by atoms with Gasteiger partial charge in [-0.15, -0.1) is 0 Å². The minimum Gasteiger partial charge on any atom is -0.456 e. The SMILES string of the molecule is c1ccc(-c2nc(-c3ccc4ccccc4c3)nc(-n3c4c(-c5ccc6c(c5)oc5ccc7ccccc7c56)cccc4c4c5ccccc5c5ccccc5c43)n2)cc1. The molecule has 278 valence electrons. The van der Waals surface area contributed by atoms with Gasteiger partial charge in [0, 0.05) is 43.6 Å². The molecule has 0 spiro atoms. The van der Waals surface area contributed by atoms with Crippen molar-refractivity contribution in [3.05, 3.63) is 194 Å². The highest BCUT2D eigenvalue weighted by atomic mass is 16.3. The number of aromatic nitrogens is 4. The Labute approximate surface area is 343 Å². The van der Waals surface area contributed by atoms with Gasteiger partial charge in [-0.3, -0.25) is 4.57 Å². The van der Waals surface area contributed by atoms with Crippen LogP contribution in [0.1, 0.15) is 0 Å². The predicted molar refractivity (Wildman–Crippen MR) is 248 cm³/mol. The number of furan rings is 1. The van der Waals surface area contributed by atoms with E-state index in [1.807, 2.05) is 18.2 Å². The Kier molecular flexibility index (Phi) is 6.95. The van der Waals surface area contributed by atoms with Crippen molar-refractivity contribution < 1.29 is 4.42 Å². The fourth-order valence-electron chi connectivity index (χ4n) is 9.51. The van der Waals surface area contributed by atoms with Crippen molar-refractivity contribution in [2.75, 3.05) is 0 Å². The summed E-state index contributed by atoms with van der Waals surface area (Å²) < 4.78 is 8.94. The Morgan fingerprint density at radius 1 is 0.333 bits per heavy atom. The van der Waals surface area contributed by atoms with Crippen LogP contribution in [0.5, 0.6) is 0 Å². The lowest BCUT2D eigenvalue weighted by Crippen LogP contribution is -2.07. The van der Waals surface area contributed by atoms with Gasteiger partial charge in [-0.05, 0) is 67.5 Å². The number of fused-ring (bicyclic) bond motifs is 14. The number of hydrogen-bond donors (Lipinski definition) is 0. The van der Waals surface area contributed by atoms with Crippen molar-refractivity contribution in [1.29, 1.82) is 0 Å². The van der Waals surface area contributed by atoms with Gasteiger partial charge >= 0.3 is 0 Å². The van der Waals surface area contributed by atoms with Crippen molar-refractivity contribution in [3.8, 4) is 39.9 Å². The fourth-order valence-corrected chi connectivity index (χ4v) is 9.51. The molecule has 3 heterocycles. The molecule has 0 aliphatic carbocycles. The molecule has 0 radical (unpaired) electrons. The standard InChI is InChI=1S/C55H32N4O/c1-2-15-35(16-3-1)53-56-54(38-26-25-33-13-4-5-17-36(33)31-38)58-55(57-53)59-51-40(37-27-29-45-48(32-37)60-47-30-28-34-14-6-7-18-39(34)49(45)47)23-12-24-46(51)50-43-21-10-8-19-41(43)42-20-9-11-22-44(42)52(50)59/h1-32H. The molecule has 10 aromatic carbocycles. The van der Waals surface area contributed by atoms with Crippen LogP contribution in [0, 0.1) is 0 Å². The van der Waals surface area contributed by atoms with Gasteiger partial charge < -0.3 is 4.42 Å².